The van der Waals surface area contributed by atoms with Crippen LogP contribution in [0.15, 0.2) is 60.7 Å². The molecule has 0 heterocycles. The predicted molar refractivity (Wildman–Crippen MR) is 132 cm³/mol. The van der Waals surface area contributed by atoms with Gasteiger partial charge in [-0.25, -0.2) is 0 Å². The van der Waals surface area contributed by atoms with Crippen molar-refractivity contribution in [2.75, 3.05) is 14.2 Å². The number of benzene rings is 4. The predicted octanol–water partition coefficient (Wildman–Crippen LogP) is 5.78. The van der Waals surface area contributed by atoms with Gasteiger partial charge in [-0.3, -0.25) is 9.59 Å². The van der Waals surface area contributed by atoms with Crippen molar-refractivity contribution < 1.29 is 19.1 Å². The summed E-state index contributed by atoms with van der Waals surface area (Å²) in [5.41, 5.74) is 6.95. The average Bonchev–Trinajstić information content (AvgIpc) is 2.85. The number of rotatable bonds is 2. The van der Waals surface area contributed by atoms with E-state index in [4.69, 9.17) is 9.47 Å². The van der Waals surface area contributed by atoms with E-state index in [0.29, 0.717) is 0 Å². The van der Waals surface area contributed by atoms with Crippen LogP contribution in [0.1, 0.15) is 45.2 Å². The highest BCUT2D eigenvalue weighted by Crippen LogP contribution is 2.59. The third-order valence-electron chi connectivity index (χ3n) is 8.00. The van der Waals surface area contributed by atoms with Crippen molar-refractivity contribution in [3.05, 3.63) is 94.0 Å². The molecule has 0 spiro atoms. The Morgan fingerprint density at radius 1 is 0.588 bits per heavy atom. The summed E-state index contributed by atoms with van der Waals surface area (Å²) >= 11 is 0. The summed E-state index contributed by atoms with van der Waals surface area (Å²) < 4.78 is 10.4. The lowest BCUT2D eigenvalue weighted by Gasteiger charge is -2.48. The minimum atomic E-state index is -0.618. The fourth-order valence-electron chi connectivity index (χ4n) is 6.34. The third-order valence-corrected chi connectivity index (χ3v) is 8.00. The Morgan fingerprint density at radius 2 is 0.971 bits per heavy atom. The molecular weight excluding hydrogens is 424 g/mol. The van der Waals surface area contributed by atoms with Gasteiger partial charge in [0.15, 0.2) is 0 Å². The van der Waals surface area contributed by atoms with Crippen molar-refractivity contribution >= 4 is 33.5 Å². The van der Waals surface area contributed by atoms with Crippen LogP contribution >= 0.6 is 0 Å². The molecule has 170 valence electrons. The van der Waals surface area contributed by atoms with Gasteiger partial charge in [-0.2, -0.15) is 0 Å². The highest BCUT2D eigenvalue weighted by Gasteiger charge is 2.56. The van der Waals surface area contributed by atoms with Crippen LogP contribution in [0.4, 0.5) is 0 Å². The monoisotopic (exact) mass is 450 g/mol. The smallest absolute Gasteiger partial charge is 0.310 e. The topological polar surface area (TPSA) is 52.6 Å². The highest BCUT2D eigenvalue weighted by atomic mass is 16.5. The maximum absolute atomic E-state index is 13.1. The highest BCUT2D eigenvalue weighted by molar-refractivity contribution is 6.00. The third kappa shape index (κ3) is 2.78. The second-order valence-electron chi connectivity index (χ2n) is 9.65. The molecular formula is C30H26O4. The van der Waals surface area contributed by atoms with Crippen LogP contribution in [0.2, 0.25) is 0 Å². The van der Waals surface area contributed by atoms with Crippen molar-refractivity contribution in [2.24, 2.45) is 11.8 Å². The molecule has 0 unspecified atom stereocenters. The van der Waals surface area contributed by atoms with Crippen LogP contribution in [-0.4, -0.2) is 26.2 Å². The van der Waals surface area contributed by atoms with Crippen LogP contribution in [0.3, 0.4) is 0 Å². The number of fused-ring (bicyclic) bond motifs is 3. The van der Waals surface area contributed by atoms with Crippen LogP contribution in [0.5, 0.6) is 0 Å². The quantitative estimate of drug-likeness (QED) is 0.287. The molecule has 0 aromatic heterocycles. The molecule has 0 radical (unpaired) electrons. The van der Waals surface area contributed by atoms with Crippen LogP contribution in [0.25, 0.3) is 21.5 Å². The largest absolute Gasteiger partial charge is 0.469 e. The van der Waals surface area contributed by atoms with Gasteiger partial charge in [0.05, 0.1) is 26.1 Å². The summed E-state index contributed by atoms with van der Waals surface area (Å²) in [6.45, 7) is 4.27. The van der Waals surface area contributed by atoms with Crippen molar-refractivity contribution in [1.29, 1.82) is 0 Å². The second kappa shape index (κ2) is 7.42. The normalized spacial score (nSPS) is 22.4. The van der Waals surface area contributed by atoms with Crippen molar-refractivity contribution in [2.45, 2.75) is 25.7 Å². The second-order valence-corrected chi connectivity index (χ2v) is 9.65. The Morgan fingerprint density at radius 3 is 1.35 bits per heavy atom. The van der Waals surface area contributed by atoms with Crippen LogP contribution < -0.4 is 0 Å². The van der Waals surface area contributed by atoms with E-state index in [1.165, 1.54) is 36.1 Å². The molecule has 0 fully saturated rings. The number of aryl methyl sites for hydroxylation is 2. The molecule has 4 nitrogen and oxygen atoms in total. The Hall–Kier alpha value is -3.66. The Balaban J connectivity index is 1.66. The first-order valence-electron chi connectivity index (χ1n) is 11.7. The molecule has 7 rings (SSSR count). The first kappa shape index (κ1) is 20.9. The van der Waals surface area contributed by atoms with Gasteiger partial charge in [0.2, 0.25) is 0 Å². The zero-order valence-electron chi connectivity index (χ0n) is 19.7. The average molecular weight is 451 g/mol. The Labute approximate surface area is 198 Å². The number of carbonyl (C=O) groups excluding carboxylic acids is 2. The van der Waals surface area contributed by atoms with E-state index in [-0.39, 0.29) is 23.8 Å². The zero-order chi connectivity index (χ0) is 23.7. The molecule has 34 heavy (non-hydrogen) atoms. The van der Waals surface area contributed by atoms with Gasteiger partial charge in [-0.05, 0) is 80.9 Å². The summed E-state index contributed by atoms with van der Waals surface area (Å²) in [5, 5.41) is 4.68. The maximum Gasteiger partial charge on any atom is 0.310 e. The first-order chi connectivity index (χ1) is 16.4. The molecule has 3 aliphatic carbocycles. The van der Waals surface area contributed by atoms with Crippen LogP contribution in [0, 0.1) is 25.7 Å². The van der Waals surface area contributed by atoms with Gasteiger partial charge in [0.25, 0.3) is 0 Å². The van der Waals surface area contributed by atoms with E-state index in [1.54, 1.807) is 0 Å². The molecule has 4 aromatic rings. The molecule has 4 aromatic carbocycles. The standard InChI is InChI=1S/C30H26O4/c1-15-9-17-11-19-13-23-24(14-20(19)12-18(17)10-16(15)2)26-22-8-6-5-7-21(22)25(23)27(29(31)33-3)28(26)30(32)34-4/h5-14,25-28H,1-4H3/t25-,26+,27-,28-/m0/s1. The fourth-order valence-corrected chi connectivity index (χ4v) is 6.34. The summed E-state index contributed by atoms with van der Waals surface area (Å²) in [7, 11) is 2.78. The van der Waals surface area contributed by atoms with Crippen molar-refractivity contribution in [3.8, 4) is 0 Å². The van der Waals surface area contributed by atoms with Gasteiger partial charge >= 0.3 is 11.9 Å². The SMILES string of the molecule is COC(=O)[C@H]1[C@@H]2c3ccccc3[C@@H](c3cc4cc5cc(C)c(C)cc5cc4cc32)[C@@H]1C(=O)OC. The minimum absolute atomic E-state index is 0.257. The molecule has 0 amide bonds. The zero-order valence-corrected chi connectivity index (χ0v) is 19.7. The molecule has 2 bridgehead atoms. The lowest BCUT2D eigenvalue weighted by Crippen LogP contribution is -2.47. The maximum atomic E-state index is 13.1. The van der Waals surface area contributed by atoms with Gasteiger partial charge in [-0.15, -0.1) is 0 Å². The van der Waals surface area contributed by atoms with E-state index in [2.05, 4.69) is 62.4 Å². The lowest BCUT2D eigenvalue weighted by atomic mass is 9.54. The molecule has 0 N–H and O–H groups in total. The van der Waals surface area contributed by atoms with Crippen LogP contribution in [-0.2, 0) is 19.1 Å². The Kier molecular flexibility index (Phi) is 4.57. The van der Waals surface area contributed by atoms with Crippen molar-refractivity contribution in [1.82, 2.24) is 0 Å². The number of ether oxygens (including phenoxy) is 2. The lowest BCUT2D eigenvalue weighted by molar-refractivity contribution is -0.160. The van der Waals surface area contributed by atoms with E-state index in [1.807, 2.05) is 12.1 Å². The van der Waals surface area contributed by atoms with Crippen molar-refractivity contribution in [3.63, 3.8) is 0 Å². The fraction of sp³-hybridized carbons (Fsp3) is 0.267. The number of hydrogen-bond donors (Lipinski definition) is 0. The van der Waals surface area contributed by atoms with E-state index >= 15 is 0 Å². The summed E-state index contributed by atoms with van der Waals surface area (Å²) in [5.74, 6) is -2.48. The Bertz CT molecular complexity index is 1400. The summed E-state index contributed by atoms with van der Waals surface area (Å²) in [4.78, 5) is 26.2. The van der Waals surface area contributed by atoms with Gasteiger partial charge in [-0.1, -0.05) is 48.5 Å². The molecule has 3 aliphatic rings. The van der Waals surface area contributed by atoms with E-state index in [9.17, 15) is 9.59 Å². The molecule has 0 saturated carbocycles. The number of carbonyl (C=O) groups is 2. The van der Waals surface area contributed by atoms with E-state index < -0.39 is 11.8 Å². The van der Waals surface area contributed by atoms with Gasteiger partial charge in [0, 0.05) is 11.8 Å². The van der Waals surface area contributed by atoms with E-state index in [0.717, 1.165) is 33.0 Å². The summed E-state index contributed by atoms with van der Waals surface area (Å²) in [6, 6.07) is 21.5. The van der Waals surface area contributed by atoms with Gasteiger partial charge < -0.3 is 9.47 Å². The first-order valence-corrected chi connectivity index (χ1v) is 11.7. The number of hydrogen-bond acceptors (Lipinski definition) is 4. The molecule has 4 heteroatoms. The summed E-state index contributed by atoms with van der Waals surface area (Å²) in [6.07, 6.45) is 0. The number of methoxy groups -OCH3 is 2. The molecule has 0 saturated heterocycles. The number of esters is 2. The molecule has 4 atom stereocenters. The van der Waals surface area contributed by atoms with Gasteiger partial charge in [0.1, 0.15) is 0 Å². The minimum Gasteiger partial charge on any atom is -0.469 e. The molecule has 0 aliphatic heterocycles.